The molecule has 1 heterocycles. The molecule has 2 atom stereocenters. The average Bonchev–Trinajstić information content (AvgIpc) is 2.97. The predicted octanol–water partition coefficient (Wildman–Crippen LogP) is 1.33. The molecule has 0 radical (unpaired) electrons. The van der Waals surface area contributed by atoms with Crippen molar-refractivity contribution in [1.29, 1.82) is 0 Å². The Morgan fingerprint density at radius 3 is 2.61 bits per heavy atom. The molecular weight excluding hydrogens is 316 g/mol. The van der Waals surface area contributed by atoms with Crippen LogP contribution in [0.25, 0.3) is 0 Å². The minimum absolute atomic E-state index is 0.0631. The molecule has 2 rings (SSSR count). The summed E-state index contributed by atoms with van der Waals surface area (Å²) in [6.45, 7) is 5.61. The number of likely N-dealkylation sites (tertiary alicyclic amines) is 1. The minimum atomic E-state index is -0.0817. The molecule has 2 N–H and O–H groups in total. The van der Waals surface area contributed by atoms with E-state index in [1.807, 2.05) is 6.92 Å². The van der Waals surface area contributed by atoms with E-state index in [-0.39, 0.29) is 31.0 Å². The lowest BCUT2D eigenvalue weighted by atomic mass is 9.96. The standard InChI is InChI=1S/C17H25ClN2O3/c1-2-19(7-8-21)9-13-10-20(11-14(13)12-22)17(23)15-5-3-4-6-16(15)18/h3-6,13-14,21-22H,2,7-12H2,1H3/t13-,14-/m1/s1. The van der Waals surface area contributed by atoms with Crippen molar-refractivity contribution in [2.75, 3.05) is 45.9 Å². The van der Waals surface area contributed by atoms with Gasteiger partial charge in [-0.2, -0.15) is 0 Å². The van der Waals surface area contributed by atoms with Crippen LogP contribution >= 0.6 is 11.6 Å². The number of likely N-dealkylation sites (N-methyl/N-ethyl adjacent to an activating group) is 1. The van der Waals surface area contributed by atoms with Gasteiger partial charge in [0.2, 0.25) is 0 Å². The number of aliphatic hydroxyl groups is 2. The Morgan fingerprint density at radius 1 is 1.30 bits per heavy atom. The maximum Gasteiger partial charge on any atom is 0.255 e. The van der Waals surface area contributed by atoms with Gasteiger partial charge in [0.25, 0.3) is 5.91 Å². The molecule has 1 aliphatic heterocycles. The number of carbonyl (C=O) groups excluding carboxylic acids is 1. The van der Waals surface area contributed by atoms with E-state index in [1.54, 1.807) is 29.2 Å². The van der Waals surface area contributed by atoms with Gasteiger partial charge in [-0.25, -0.2) is 0 Å². The molecule has 0 aromatic heterocycles. The zero-order chi connectivity index (χ0) is 16.8. The molecule has 0 bridgehead atoms. The summed E-state index contributed by atoms with van der Waals surface area (Å²) in [5.41, 5.74) is 0.509. The largest absolute Gasteiger partial charge is 0.396 e. The molecule has 6 heteroatoms. The van der Waals surface area contributed by atoms with Gasteiger partial charge in [-0.3, -0.25) is 4.79 Å². The number of aliphatic hydroxyl groups excluding tert-OH is 2. The van der Waals surface area contributed by atoms with Gasteiger partial charge in [0.05, 0.1) is 17.2 Å². The highest BCUT2D eigenvalue weighted by atomic mass is 35.5. The fourth-order valence-electron chi connectivity index (χ4n) is 3.17. The second-order valence-corrected chi connectivity index (χ2v) is 6.42. The summed E-state index contributed by atoms with van der Waals surface area (Å²) in [6, 6.07) is 7.05. The van der Waals surface area contributed by atoms with Crippen LogP contribution in [-0.4, -0.2) is 71.9 Å². The zero-order valence-electron chi connectivity index (χ0n) is 13.5. The maximum absolute atomic E-state index is 12.7. The van der Waals surface area contributed by atoms with Crippen molar-refractivity contribution in [3.63, 3.8) is 0 Å². The predicted molar refractivity (Wildman–Crippen MR) is 90.6 cm³/mol. The molecule has 1 fully saturated rings. The summed E-state index contributed by atoms with van der Waals surface area (Å²) >= 11 is 6.12. The van der Waals surface area contributed by atoms with Crippen LogP contribution in [0, 0.1) is 11.8 Å². The topological polar surface area (TPSA) is 64.0 Å². The lowest BCUT2D eigenvalue weighted by Crippen LogP contribution is -2.36. The second-order valence-electron chi connectivity index (χ2n) is 6.01. The van der Waals surface area contributed by atoms with Crippen LogP contribution in [0.15, 0.2) is 24.3 Å². The Balaban J connectivity index is 2.06. The van der Waals surface area contributed by atoms with Crippen LogP contribution in [0.2, 0.25) is 5.02 Å². The Kier molecular flexibility index (Phi) is 6.84. The normalized spacial score (nSPS) is 21.2. The number of hydrogen-bond donors (Lipinski definition) is 2. The van der Waals surface area contributed by atoms with Crippen LogP contribution in [0.4, 0.5) is 0 Å². The summed E-state index contributed by atoms with van der Waals surface area (Å²) in [5, 5.41) is 19.2. The summed E-state index contributed by atoms with van der Waals surface area (Å²) in [5.74, 6) is 0.189. The lowest BCUT2D eigenvalue weighted by Gasteiger charge is -2.25. The highest BCUT2D eigenvalue weighted by Crippen LogP contribution is 2.27. The average molecular weight is 341 g/mol. The molecule has 0 spiro atoms. The van der Waals surface area contributed by atoms with Crippen molar-refractivity contribution in [1.82, 2.24) is 9.80 Å². The van der Waals surface area contributed by atoms with Crippen molar-refractivity contribution >= 4 is 17.5 Å². The first-order valence-electron chi connectivity index (χ1n) is 8.08. The smallest absolute Gasteiger partial charge is 0.255 e. The molecule has 5 nitrogen and oxygen atoms in total. The van der Waals surface area contributed by atoms with E-state index in [4.69, 9.17) is 16.7 Å². The molecule has 0 saturated carbocycles. The fourth-order valence-corrected chi connectivity index (χ4v) is 3.39. The molecular formula is C17H25ClN2O3. The van der Waals surface area contributed by atoms with Gasteiger partial charge >= 0.3 is 0 Å². The van der Waals surface area contributed by atoms with Gasteiger partial charge in [0.1, 0.15) is 0 Å². The first-order valence-corrected chi connectivity index (χ1v) is 8.46. The van der Waals surface area contributed by atoms with E-state index < -0.39 is 0 Å². The van der Waals surface area contributed by atoms with E-state index in [9.17, 15) is 9.90 Å². The zero-order valence-corrected chi connectivity index (χ0v) is 14.2. The molecule has 1 aliphatic rings. The molecule has 1 amide bonds. The first-order chi connectivity index (χ1) is 11.1. The van der Waals surface area contributed by atoms with E-state index >= 15 is 0 Å². The minimum Gasteiger partial charge on any atom is -0.396 e. The number of halogens is 1. The van der Waals surface area contributed by atoms with Crippen molar-refractivity contribution < 1.29 is 15.0 Å². The quantitative estimate of drug-likeness (QED) is 0.786. The lowest BCUT2D eigenvalue weighted by molar-refractivity contribution is 0.0778. The van der Waals surface area contributed by atoms with Crippen LogP contribution in [-0.2, 0) is 0 Å². The first kappa shape index (κ1) is 18.2. The van der Waals surface area contributed by atoms with Crippen molar-refractivity contribution in [2.24, 2.45) is 11.8 Å². The second kappa shape index (κ2) is 8.64. The summed E-state index contributed by atoms with van der Waals surface area (Å²) < 4.78 is 0. The number of amides is 1. The third kappa shape index (κ3) is 4.44. The van der Waals surface area contributed by atoms with Gasteiger partial charge in [0.15, 0.2) is 0 Å². The van der Waals surface area contributed by atoms with Crippen LogP contribution in [0.5, 0.6) is 0 Å². The van der Waals surface area contributed by atoms with Gasteiger partial charge in [0, 0.05) is 38.7 Å². The molecule has 23 heavy (non-hydrogen) atoms. The monoisotopic (exact) mass is 340 g/mol. The van der Waals surface area contributed by atoms with Gasteiger partial charge in [-0.05, 0) is 24.6 Å². The third-order valence-electron chi connectivity index (χ3n) is 4.56. The molecule has 1 saturated heterocycles. The van der Waals surface area contributed by atoms with E-state index in [0.717, 1.165) is 13.1 Å². The van der Waals surface area contributed by atoms with Gasteiger partial charge in [-0.1, -0.05) is 30.7 Å². The molecule has 1 aromatic carbocycles. The highest BCUT2D eigenvalue weighted by Gasteiger charge is 2.36. The van der Waals surface area contributed by atoms with Gasteiger partial charge < -0.3 is 20.0 Å². The van der Waals surface area contributed by atoms with Gasteiger partial charge in [-0.15, -0.1) is 0 Å². The molecule has 0 unspecified atom stereocenters. The SMILES string of the molecule is CCN(CCO)C[C@@H]1CN(C(=O)c2ccccc2Cl)C[C@@H]1CO. The van der Waals surface area contributed by atoms with Crippen LogP contribution < -0.4 is 0 Å². The Labute approximate surface area is 142 Å². The number of rotatable bonds is 7. The Hall–Kier alpha value is -1.14. The van der Waals surface area contributed by atoms with Crippen LogP contribution in [0.3, 0.4) is 0 Å². The summed E-state index contributed by atoms with van der Waals surface area (Å²) in [4.78, 5) is 16.6. The summed E-state index contributed by atoms with van der Waals surface area (Å²) in [7, 11) is 0. The van der Waals surface area contributed by atoms with E-state index in [2.05, 4.69) is 4.90 Å². The fraction of sp³-hybridized carbons (Fsp3) is 0.588. The maximum atomic E-state index is 12.7. The van der Waals surface area contributed by atoms with Crippen LogP contribution in [0.1, 0.15) is 17.3 Å². The van der Waals surface area contributed by atoms with E-state index in [1.165, 1.54) is 0 Å². The number of nitrogens with zero attached hydrogens (tertiary/aromatic N) is 2. The molecule has 0 aliphatic carbocycles. The van der Waals surface area contributed by atoms with Crippen molar-refractivity contribution in [3.8, 4) is 0 Å². The summed E-state index contributed by atoms with van der Waals surface area (Å²) in [6.07, 6.45) is 0. The number of carbonyl (C=O) groups is 1. The van der Waals surface area contributed by atoms with Crippen molar-refractivity contribution in [2.45, 2.75) is 6.92 Å². The Morgan fingerprint density at radius 2 is 2.00 bits per heavy atom. The highest BCUT2D eigenvalue weighted by molar-refractivity contribution is 6.33. The number of benzene rings is 1. The van der Waals surface area contributed by atoms with E-state index in [0.29, 0.717) is 30.2 Å². The number of hydrogen-bond acceptors (Lipinski definition) is 4. The Bertz CT molecular complexity index is 526. The third-order valence-corrected chi connectivity index (χ3v) is 4.89. The van der Waals surface area contributed by atoms with Crippen molar-refractivity contribution in [3.05, 3.63) is 34.9 Å². The molecule has 1 aromatic rings. The molecule has 128 valence electrons.